The lowest BCUT2D eigenvalue weighted by molar-refractivity contribution is 0.0725. The zero-order valence-corrected chi connectivity index (χ0v) is 5.93. The van der Waals surface area contributed by atoms with Crippen LogP contribution in [0.2, 0.25) is 0 Å². The van der Waals surface area contributed by atoms with Crippen molar-refractivity contribution in [2.75, 3.05) is 6.54 Å². The summed E-state index contributed by atoms with van der Waals surface area (Å²) in [6.07, 6.45) is 3.01. The van der Waals surface area contributed by atoms with E-state index >= 15 is 0 Å². The molecule has 0 amide bonds. The second kappa shape index (κ2) is 2.27. The lowest BCUT2D eigenvalue weighted by atomic mass is 9.87. The molecule has 1 fully saturated rings. The van der Waals surface area contributed by atoms with Crippen LogP contribution < -0.4 is 5.73 Å². The maximum atomic E-state index is 9.37. The van der Waals surface area contributed by atoms with E-state index in [1.807, 2.05) is 0 Å². The van der Waals surface area contributed by atoms with Gasteiger partial charge in [-0.25, -0.2) is 0 Å². The van der Waals surface area contributed by atoms with Crippen molar-refractivity contribution in [3.63, 3.8) is 0 Å². The number of rotatable bonds is 1. The second-order valence-corrected chi connectivity index (χ2v) is 3.27. The summed E-state index contributed by atoms with van der Waals surface area (Å²) < 4.78 is 0. The van der Waals surface area contributed by atoms with E-state index in [9.17, 15) is 5.11 Å². The van der Waals surface area contributed by atoms with Gasteiger partial charge in [0.1, 0.15) is 0 Å². The average Bonchev–Trinajstić information content (AvgIpc) is 2.15. The summed E-state index contributed by atoms with van der Waals surface area (Å²) in [6.45, 7) is 2.68. The van der Waals surface area contributed by atoms with Gasteiger partial charge in [0.25, 0.3) is 0 Å². The molecule has 0 aromatic carbocycles. The highest BCUT2D eigenvalue weighted by Crippen LogP contribution is 2.36. The minimum absolute atomic E-state index is 0.0278. The predicted molar refractivity (Wildman–Crippen MR) is 37.0 cm³/mol. The first-order valence-electron chi connectivity index (χ1n) is 3.57. The van der Waals surface area contributed by atoms with Crippen molar-refractivity contribution in [2.24, 2.45) is 11.1 Å². The van der Waals surface area contributed by atoms with Gasteiger partial charge in [0.15, 0.2) is 0 Å². The van der Waals surface area contributed by atoms with Gasteiger partial charge in [-0.1, -0.05) is 13.3 Å². The molecule has 0 heterocycles. The molecule has 0 radical (unpaired) electrons. The highest BCUT2D eigenvalue weighted by atomic mass is 16.3. The molecule has 0 aliphatic heterocycles. The van der Waals surface area contributed by atoms with Gasteiger partial charge in [0, 0.05) is 12.0 Å². The number of aliphatic hydroxyl groups is 1. The molecule has 1 aliphatic carbocycles. The minimum atomic E-state index is -0.150. The Morgan fingerprint density at radius 2 is 2.44 bits per heavy atom. The third-order valence-electron chi connectivity index (χ3n) is 2.50. The number of aliphatic hydroxyl groups excluding tert-OH is 1. The van der Waals surface area contributed by atoms with Gasteiger partial charge in [-0.3, -0.25) is 0 Å². The Bertz CT molecular complexity index is 105. The monoisotopic (exact) mass is 129 g/mol. The molecule has 1 rings (SSSR count). The van der Waals surface area contributed by atoms with E-state index in [4.69, 9.17) is 5.73 Å². The fourth-order valence-electron chi connectivity index (χ4n) is 1.45. The summed E-state index contributed by atoms with van der Waals surface area (Å²) in [4.78, 5) is 0. The molecule has 1 saturated carbocycles. The van der Waals surface area contributed by atoms with Crippen LogP contribution in [0.4, 0.5) is 0 Å². The smallest absolute Gasteiger partial charge is 0.0605 e. The minimum Gasteiger partial charge on any atom is -0.393 e. The molecule has 0 bridgehead atoms. The van der Waals surface area contributed by atoms with Gasteiger partial charge in [0.05, 0.1) is 6.10 Å². The van der Waals surface area contributed by atoms with Crippen molar-refractivity contribution in [3.8, 4) is 0 Å². The molecule has 0 aromatic rings. The van der Waals surface area contributed by atoms with Crippen LogP contribution >= 0.6 is 0 Å². The van der Waals surface area contributed by atoms with Crippen LogP contribution in [0.3, 0.4) is 0 Å². The van der Waals surface area contributed by atoms with E-state index in [1.54, 1.807) is 0 Å². The molecular weight excluding hydrogens is 114 g/mol. The van der Waals surface area contributed by atoms with Crippen molar-refractivity contribution in [1.29, 1.82) is 0 Å². The lowest BCUT2D eigenvalue weighted by Gasteiger charge is -2.25. The molecule has 54 valence electrons. The van der Waals surface area contributed by atoms with Gasteiger partial charge >= 0.3 is 0 Å². The van der Waals surface area contributed by atoms with Crippen LogP contribution in [0.5, 0.6) is 0 Å². The summed E-state index contributed by atoms with van der Waals surface area (Å²) >= 11 is 0. The van der Waals surface area contributed by atoms with Gasteiger partial charge in [-0.05, 0) is 12.8 Å². The SMILES string of the molecule is CC1(CN)CCCC1O. The zero-order chi connectivity index (χ0) is 6.91. The first kappa shape index (κ1) is 7.03. The fourth-order valence-corrected chi connectivity index (χ4v) is 1.45. The Balaban J connectivity index is 2.56. The molecule has 1 aliphatic rings. The van der Waals surface area contributed by atoms with E-state index in [0.29, 0.717) is 6.54 Å². The van der Waals surface area contributed by atoms with E-state index in [1.165, 1.54) is 0 Å². The molecular formula is C7H15NO. The van der Waals surface area contributed by atoms with Gasteiger partial charge in [-0.15, -0.1) is 0 Å². The Morgan fingerprint density at radius 1 is 1.78 bits per heavy atom. The van der Waals surface area contributed by atoms with Gasteiger partial charge in [-0.2, -0.15) is 0 Å². The summed E-state index contributed by atoms with van der Waals surface area (Å²) in [6, 6.07) is 0. The molecule has 2 unspecified atom stereocenters. The first-order chi connectivity index (χ1) is 4.19. The summed E-state index contributed by atoms with van der Waals surface area (Å²) in [5, 5.41) is 9.37. The quantitative estimate of drug-likeness (QED) is 0.541. The highest BCUT2D eigenvalue weighted by molar-refractivity contribution is 4.88. The Kier molecular flexibility index (Phi) is 1.78. The van der Waals surface area contributed by atoms with Gasteiger partial charge in [0.2, 0.25) is 0 Å². The third-order valence-corrected chi connectivity index (χ3v) is 2.50. The van der Waals surface area contributed by atoms with E-state index < -0.39 is 0 Å². The van der Waals surface area contributed by atoms with E-state index in [-0.39, 0.29) is 11.5 Å². The van der Waals surface area contributed by atoms with Crippen LogP contribution in [-0.4, -0.2) is 17.8 Å². The largest absolute Gasteiger partial charge is 0.393 e. The van der Waals surface area contributed by atoms with Crippen molar-refractivity contribution < 1.29 is 5.11 Å². The molecule has 0 spiro atoms. The fraction of sp³-hybridized carbons (Fsp3) is 1.00. The Labute approximate surface area is 56.1 Å². The van der Waals surface area contributed by atoms with Crippen LogP contribution in [-0.2, 0) is 0 Å². The molecule has 2 nitrogen and oxygen atoms in total. The van der Waals surface area contributed by atoms with Crippen molar-refractivity contribution in [3.05, 3.63) is 0 Å². The van der Waals surface area contributed by atoms with Crippen molar-refractivity contribution in [1.82, 2.24) is 0 Å². The molecule has 3 N–H and O–H groups in total. The maximum absolute atomic E-state index is 9.37. The molecule has 9 heavy (non-hydrogen) atoms. The van der Waals surface area contributed by atoms with E-state index in [0.717, 1.165) is 19.3 Å². The zero-order valence-electron chi connectivity index (χ0n) is 5.93. The van der Waals surface area contributed by atoms with Crippen LogP contribution in [0.25, 0.3) is 0 Å². The van der Waals surface area contributed by atoms with Crippen LogP contribution in [0, 0.1) is 5.41 Å². The molecule has 0 aromatic heterocycles. The van der Waals surface area contributed by atoms with E-state index in [2.05, 4.69) is 6.92 Å². The standard InChI is InChI=1S/C7H15NO/c1-7(5-8)4-2-3-6(7)9/h6,9H,2-5,8H2,1H3. The average molecular weight is 129 g/mol. The highest BCUT2D eigenvalue weighted by Gasteiger charge is 2.35. The molecule has 2 heteroatoms. The Morgan fingerprint density at radius 3 is 2.67 bits per heavy atom. The van der Waals surface area contributed by atoms with Crippen LogP contribution in [0.1, 0.15) is 26.2 Å². The van der Waals surface area contributed by atoms with Gasteiger partial charge < -0.3 is 10.8 Å². The third kappa shape index (κ3) is 1.10. The van der Waals surface area contributed by atoms with Crippen molar-refractivity contribution >= 4 is 0 Å². The molecule has 2 atom stereocenters. The second-order valence-electron chi connectivity index (χ2n) is 3.27. The number of hydrogen-bond acceptors (Lipinski definition) is 2. The maximum Gasteiger partial charge on any atom is 0.0605 e. The lowest BCUT2D eigenvalue weighted by Crippen LogP contribution is -2.34. The summed E-state index contributed by atoms with van der Waals surface area (Å²) in [5.41, 5.74) is 5.53. The number of hydrogen-bond donors (Lipinski definition) is 2. The number of nitrogens with two attached hydrogens (primary N) is 1. The summed E-state index contributed by atoms with van der Waals surface area (Å²) in [7, 11) is 0. The Hall–Kier alpha value is -0.0800. The summed E-state index contributed by atoms with van der Waals surface area (Å²) in [5.74, 6) is 0. The first-order valence-corrected chi connectivity index (χ1v) is 3.57. The van der Waals surface area contributed by atoms with Crippen LogP contribution in [0.15, 0.2) is 0 Å². The topological polar surface area (TPSA) is 46.2 Å². The predicted octanol–water partition coefficient (Wildman–Crippen LogP) is 0.496. The van der Waals surface area contributed by atoms with Crippen molar-refractivity contribution in [2.45, 2.75) is 32.3 Å². The normalized spacial score (nSPS) is 43.7. The molecule has 0 saturated heterocycles.